The lowest BCUT2D eigenvalue weighted by molar-refractivity contribution is -0.148. The molecule has 0 radical (unpaired) electrons. The summed E-state index contributed by atoms with van der Waals surface area (Å²) in [5.74, 6) is -0.0228. The molecular formula is C16H21NO2. The number of piperidine rings is 1. The Kier molecular flexibility index (Phi) is 3.48. The van der Waals surface area contributed by atoms with Crippen LogP contribution in [-0.4, -0.2) is 22.1 Å². The highest BCUT2D eigenvalue weighted by Gasteiger charge is 2.39. The Morgan fingerprint density at radius 2 is 1.68 bits per heavy atom. The second kappa shape index (κ2) is 4.80. The number of nitrogens with zero attached hydrogens (tertiary/aromatic N) is 1. The van der Waals surface area contributed by atoms with E-state index in [-0.39, 0.29) is 29.7 Å². The van der Waals surface area contributed by atoms with E-state index >= 15 is 0 Å². The van der Waals surface area contributed by atoms with Crippen molar-refractivity contribution in [2.45, 2.75) is 52.1 Å². The molecule has 1 saturated heterocycles. The van der Waals surface area contributed by atoms with Crippen molar-refractivity contribution in [1.82, 2.24) is 4.90 Å². The second-order valence-electron chi connectivity index (χ2n) is 6.28. The molecule has 0 bridgehead atoms. The maximum absolute atomic E-state index is 12.2. The van der Waals surface area contributed by atoms with E-state index in [1.807, 2.05) is 56.9 Å². The number of ketones is 1. The highest BCUT2D eigenvalue weighted by atomic mass is 16.2. The molecule has 0 aliphatic carbocycles. The topological polar surface area (TPSA) is 37.4 Å². The lowest BCUT2D eigenvalue weighted by atomic mass is 9.89. The average Bonchev–Trinajstić information content (AvgIpc) is 2.26. The predicted molar refractivity (Wildman–Crippen MR) is 74.8 cm³/mol. The minimum Gasteiger partial charge on any atom is -0.330 e. The molecule has 102 valence electrons. The normalized spacial score (nSPS) is 20.8. The van der Waals surface area contributed by atoms with Crippen molar-refractivity contribution in [3.63, 3.8) is 0 Å². The van der Waals surface area contributed by atoms with Crippen molar-refractivity contribution < 1.29 is 9.59 Å². The van der Waals surface area contributed by atoms with Gasteiger partial charge in [0.05, 0.1) is 12.5 Å². The van der Waals surface area contributed by atoms with Crippen LogP contribution >= 0.6 is 0 Å². The van der Waals surface area contributed by atoms with Crippen LogP contribution in [0.5, 0.6) is 0 Å². The molecule has 3 heteroatoms. The molecule has 0 aromatic heterocycles. The molecule has 0 unspecified atom stereocenters. The van der Waals surface area contributed by atoms with Crippen molar-refractivity contribution in [3.05, 3.63) is 35.4 Å². The van der Waals surface area contributed by atoms with E-state index in [2.05, 4.69) is 0 Å². The van der Waals surface area contributed by atoms with E-state index in [0.717, 1.165) is 5.56 Å². The molecule has 1 fully saturated rings. The van der Waals surface area contributed by atoms with Crippen molar-refractivity contribution >= 4 is 11.7 Å². The zero-order chi connectivity index (χ0) is 14.2. The first-order chi connectivity index (χ1) is 8.79. The fraction of sp³-hybridized carbons (Fsp3) is 0.500. The zero-order valence-electron chi connectivity index (χ0n) is 12.1. The third-order valence-corrected chi connectivity index (χ3v) is 3.53. The molecule has 1 aliphatic heterocycles. The van der Waals surface area contributed by atoms with Gasteiger partial charge in [-0.25, -0.2) is 0 Å². The van der Waals surface area contributed by atoms with Crippen LogP contribution in [0.15, 0.2) is 24.3 Å². The van der Waals surface area contributed by atoms with Gasteiger partial charge in [0.2, 0.25) is 5.91 Å². The van der Waals surface area contributed by atoms with Gasteiger partial charge in [0, 0.05) is 12.0 Å². The lowest BCUT2D eigenvalue weighted by Gasteiger charge is -2.44. The number of aryl methyl sites for hydroxylation is 1. The Bertz CT molecular complexity index is 496. The highest BCUT2D eigenvalue weighted by molar-refractivity contribution is 6.01. The number of likely N-dealkylation sites (tertiary alicyclic amines) is 1. The summed E-state index contributed by atoms with van der Waals surface area (Å²) in [6, 6.07) is 7.96. The Hall–Kier alpha value is -1.64. The van der Waals surface area contributed by atoms with Gasteiger partial charge in [-0.2, -0.15) is 0 Å². The van der Waals surface area contributed by atoms with Crippen LogP contribution in [0.3, 0.4) is 0 Å². The van der Waals surface area contributed by atoms with E-state index in [0.29, 0.717) is 6.42 Å². The van der Waals surface area contributed by atoms with Gasteiger partial charge in [-0.05, 0) is 33.3 Å². The summed E-state index contributed by atoms with van der Waals surface area (Å²) in [4.78, 5) is 25.8. The van der Waals surface area contributed by atoms with Crippen molar-refractivity contribution in [3.8, 4) is 0 Å². The monoisotopic (exact) mass is 259 g/mol. The van der Waals surface area contributed by atoms with Crippen LogP contribution in [0.1, 0.15) is 50.8 Å². The van der Waals surface area contributed by atoms with Gasteiger partial charge in [-0.15, -0.1) is 0 Å². The molecule has 0 saturated carbocycles. The summed E-state index contributed by atoms with van der Waals surface area (Å²) >= 11 is 0. The van der Waals surface area contributed by atoms with E-state index in [9.17, 15) is 9.59 Å². The molecule has 1 aromatic carbocycles. The third-order valence-electron chi connectivity index (χ3n) is 3.53. The fourth-order valence-electron chi connectivity index (χ4n) is 2.70. The van der Waals surface area contributed by atoms with Crippen LogP contribution in [-0.2, 0) is 9.59 Å². The van der Waals surface area contributed by atoms with Gasteiger partial charge in [-0.3, -0.25) is 9.59 Å². The van der Waals surface area contributed by atoms with E-state index in [4.69, 9.17) is 0 Å². The second-order valence-corrected chi connectivity index (χ2v) is 6.28. The van der Waals surface area contributed by atoms with E-state index < -0.39 is 0 Å². The Labute approximate surface area is 114 Å². The fourth-order valence-corrected chi connectivity index (χ4v) is 2.70. The Morgan fingerprint density at radius 1 is 1.11 bits per heavy atom. The molecule has 3 nitrogen and oxygen atoms in total. The predicted octanol–water partition coefficient (Wildman–Crippen LogP) is 3.03. The number of hydrogen-bond donors (Lipinski definition) is 0. The summed E-state index contributed by atoms with van der Waals surface area (Å²) in [5.41, 5.74) is 1.95. The highest BCUT2D eigenvalue weighted by Crippen LogP contribution is 2.35. The van der Waals surface area contributed by atoms with Crippen LogP contribution in [0, 0.1) is 6.92 Å². The van der Waals surface area contributed by atoms with Crippen molar-refractivity contribution in [1.29, 1.82) is 0 Å². The van der Waals surface area contributed by atoms with Crippen molar-refractivity contribution in [2.75, 3.05) is 0 Å². The first-order valence-electron chi connectivity index (χ1n) is 6.69. The number of carbonyl (C=O) groups is 2. The Morgan fingerprint density at radius 3 is 2.21 bits per heavy atom. The van der Waals surface area contributed by atoms with E-state index in [1.54, 1.807) is 0 Å². The molecule has 0 N–H and O–H groups in total. The largest absolute Gasteiger partial charge is 0.330 e. The summed E-state index contributed by atoms with van der Waals surface area (Å²) in [6.45, 7) is 8.08. The van der Waals surface area contributed by atoms with Gasteiger partial charge in [0.25, 0.3) is 0 Å². The summed E-state index contributed by atoms with van der Waals surface area (Å²) in [6.07, 6.45) is 0.464. The molecule has 2 rings (SSSR count). The summed E-state index contributed by atoms with van der Waals surface area (Å²) in [7, 11) is 0. The number of hydrogen-bond acceptors (Lipinski definition) is 2. The van der Waals surface area contributed by atoms with Gasteiger partial charge in [0.1, 0.15) is 5.78 Å². The number of carbonyl (C=O) groups excluding carboxylic acids is 2. The first-order valence-corrected chi connectivity index (χ1v) is 6.69. The van der Waals surface area contributed by atoms with Gasteiger partial charge in [0.15, 0.2) is 0 Å². The molecular weight excluding hydrogens is 238 g/mol. The number of benzene rings is 1. The minimum absolute atomic E-state index is 0.0380. The van der Waals surface area contributed by atoms with Gasteiger partial charge in [-0.1, -0.05) is 29.8 Å². The molecule has 19 heavy (non-hydrogen) atoms. The standard InChI is InChI=1S/C16H21NO2/c1-11-5-7-12(8-6-11)14-9-13(18)10-15(19)17(14)16(2,3)4/h5-8,14H,9-10H2,1-4H3/t14-/m0/s1. The smallest absolute Gasteiger partial charge is 0.230 e. The number of amides is 1. The lowest BCUT2D eigenvalue weighted by Crippen LogP contribution is -2.51. The maximum Gasteiger partial charge on any atom is 0.230 e. The van der Waals surface area contributed by atoms with Crippen molar-refractivity contribution in [2.24, 2.45) is 0 Å². The molecule has 1 heterocycles. The van der Waals surface area contributed by atoms with Crippen LogP contribution in [0.4, 0.5) is 0 Å². The molecule has 1 amide bonds. The molecule has 0 spiro atoms. The van der Waals surface area contributed by atoms with Crippen LogP contribution in [0.2, 0.25) is 0 Å². The van der Waals surface area contributed by atoms with Crippen LogP contribution < -0.4 is 0 Å². The first kappa shape index (κ1) is 13.8. The zero-order valence-corrected chi connectivity index (χ0v) is 12.1. The van der Waals surface area contributed by atoms with Gasteiger partial charge < -0.3 is 4.90 Å². The number of Topliss-reactive ketones (excluding diaryl/α,β-unsaturated/α-hetero) is 1. The SMILES string of the molecule is Cc1ccc([C@@H]2CC(=O)CC(=O)N2C(C)(C)C)cc1. The summed E-state index contributed by atoms with van der Waals surface area (Å²) in [5, 5.41) is 0. The minimum atomic E-state index is -0.270. The maximum atomic E-state index is 12.2. The quantitative estimate of drug-likeness (QED) is 0.727. The van der Waals surface area contributed by atoms with E-state index in [1.165, 1.54) is 5.56 Å². The molecule has 1 atom stereocenters. The number of rotatable bonds is 1. The summed E-state index contributed by atoms with van der Waals surface area (Å²) < 4.78 is 0. The Balaban J connectivity index is 2.40. The van der Waals surface area contributed by atoms with Crippen LogP contribution in [0.25, 0.3) is 0 Å². The molecule has 1 aliphatic rings. The third kappa shape index (κ3) is 2.86. The average molecular weight is 259 g/mol. The molecule has 1 aromatic rings. The van der Waals surface area contributed by atoms with Gasteiger partial charge >= 0.3 is 0 Å².